The van der Waals surface area contributed by atoms with Crippen LogP contribution < -0.4 is 10.2 Å². The van der Waals surface area contributed by atoms with E-state index < -0.39 is 37.1 Å². The summed E-state index contributed by atoms with van der Waals surface area (Å²) in [4.78, 5) is 9.40. The molecule has 0 aliphatic carbocycles. The summed E-state index contributed by atoms with van der Waals surface area (Å²) in [5.41, 5.74) is -0.868. The minimum Gasteiger partial charge on any atom is -0.871 e. The van der Waals surface area contributed by atoms with Crippen LogP contribution >= 0.6 is 0 Å². The van der Waals surface area contributed by atoms with E-state index in [4.69, 9.17) is 0 Å². The number of rotatable bonds is 4. The largest absolute Gasteiger partial charge is 3.00 e. The summed E-state index contributed by atoms with van der Waals surface area (Å²) in [5, 5.41) is 44.4. The summed E-state index contributed by atoms with van der Waals surface area (Å²) in [6.07, 6.45) is 0. The normalized spacial score (nSPS) is 11.7. The van der Waals surface area contributed by atoms with Crippen molar-refractivity contribution >= 4 is 48.7 Å². The Kier molecular flexibility index (Phi) is 6.16. The summed E-state index contributed by atoms with van der Waals surface area (Å²) in [7, 11) is -5.11. The van der Waals surface area contributed by atoms with E-state index in [-0.39, 0.29) is 39.5 Å². The number of benzene rings is 4. The molecule has 0 bridgehead atoms. The van der Waals surface area contributed by atoms with E-state index in [1.165, 1.54) is 6.07 Å². The van der Waals surface area contributed by atoms with E-state index in [9.17, 15) is 33.3 Å². The van der Waals surface area contributed by atoms with Crippen LogP contribution in [0, 0.1) is 10.1 Å². The Bertz CT molecular complexity index is 1520. The van der Waals surface area contributed by atoms with E-state index in [1.54, 1.807) is 30.3 Å². The second-order valence-electron chi connectivity index (χ2n) is 6.50. The fourth-order valence-corrected chi connectivity index (χ4v) is 3.89. The van der Waals surface area contributed by atoms with Gasteiger partial charge in [0.05, 0.1) is 21.2 Å². The molecule has 4 aromatic rings. The molecule has 0 amide bonds. The number of hydrogen-bond donors (Lipinski definition) is 0. The standard InChI is InChI=1S/C20H13N3O7S.Cr/c24-16-8-5-11-3-1-2-4-13(11)19(16)21-22-20-14-7-6-12(23(26)27)9-15(14)18(10-17(20)25)31(28,29)30;/h1-10,24-25H,(H,28,29,30);/q;+3/p-3. The molecule has 0 saturated carbocycles. The average Bonchev–Trinajstić information content (AvgIpc) is 2.72. The monoisotopic (exact) mass is 488 g/mol. The molecule has 159 valence electrons. The van der Waals surface area contributed by atoms with E-state index in [0.717, 1.165) is 18.2 Å². The molecule has 0 aromatic heterocycles. The summed E-state index contributed by atoms with van der Waals surface area (Å²) in [5.74, 6) is -1.39. The van der Waals surface area contributed by atoms with Gasteiger partial charge in [0.25, 0.3) is 5.69 Å². The van der Waals surface area contributed by atoms with Crippen molar-refractivity contribution in [2.24, 2.45) is 10.2 Å². The van der Waals surface area contributed by atoms with Crippen molar-refractivity contribution in [1.29, 1.82) is 0 Å². The van der Waals surface area contributed by atoms with Crippen molar-refractivity contribution in [1.82, 2.24) is 0 Å². The van der Waals surface area contributed by atoms with Crippen molar-refractivity contribution in [3.05, 3.63) is 70.8 Å². The molecule has 0 aliphatic rings. The maximum atomic E-state index is 12.5. The summed E-state index contributed by atoms with van der Waals surface area (Å²) < 4.78 is 34.8. The molecule has 0 saturated heterocycles. The van der Waals surface area contributed by atoms with Gasteiger partial charge in [0, 0.05) is 28.3 Å². The second kappa shape index (κ2) is 8.52. The van der Waals surface area contributed by atoms with Gasteiger partial charge in [-0.15, -0.1) is 0 Å². The Morgan fingerprint density at radius 1 is 0.781 bits per heavy atom. The smallest absolute Gasteiger partial charge is 0.871 e. The molecule has 10 nitrogen and oxygen atoms in total. The maximum Gasteiger partial charge on any atom is 3.00 e. The zero-order valence-corrected chi connectivity index (χ0v) is 17.9. The number of non-ortho nitro benzene ring substituents is 1. The quantitative estimate of drug-likeness (QED) is 0.183. The van der Waals surface area contributed by atoms with Crippen LogP contribution in [-0.2, 0) is 27.5 Å². The number of nitro groups is 1. The molecular formula is C20H10CrN3O7S. The number of nitro benzene ring substituents is 1. The van der Waals surface area contributed by atoms with Crippen LogP contribution in [0.1, 0.15) is 0 Å². The molecule has 0 atom stereocenters. The van der Waals surface area contributed by atoms with Gasteiger partial charge >= 0.3 is 17.4 Å². The third-order valence-electron chi connectivity index (χ3n) is 4.61. The molecule has 4 rings (SSSR count). The van der Waals surface area contributed by atoms with Gasteiger partial charge < -0.3 is 14.8 Å². The topological polar surface area (TPSA) is 171 Å². The number of nitrogens with zero attached hydrogens (tertiary/aromatic N) is 3. The summed E-state index contributed by atoms with van der Waals surface area (Å²) in [6, 6.07) is 13.3. The third-order valence-corrected chi connectivity index (χ3v) is 5.49. The zero-order valence-electron chi connectivity index (χ0n) is 15.8. The Labute approximate surface area is 191 Å². The average molecular weight is 488 g/mol. The molecule has 0 unspecified atom stereocenters. The van der Waals surface area contributed by atoms with Gasteiger partial charge in [-0.05, 0) is 17.5 Å². The van der Waals surface area contributed by atoms with Crippen LogP contribution in [0.5, 0.6) is 11.5 Å². The van der Waals surface area contributed by atoms with E-state index in [0.29, 0.717) is 16.8 Å². The van der Waals surface area contributed by atoms with Gasteiger partial charge in [-0.1, -0.05) is 47.9 Å². The van der Waals surface area contributed by atoms with Gasteiger partial charge in [0.1, 0.15) is 10.1 Å². The SMILES string of the molecule is O=[N+]([O-])c1ccc2c(N=Nc3c([O-])ccc4ccccc34)c([O-])cc(S(=O)(=O)[O-])c2c1.[Cr+3]. The molecule has 0 N–H and O–H groups in total. The molecule has 0 aliphatic heterocycles. The van der Waals surface area contributed by atoms with Crippen LogP contribution in [-0.4, -0.2) is 17.9 Å². The number of fused-ring (bicyclic) bond motifs is 2. The van der Waals surface area contributed by atoms with Gasteiger partial charge in [-0.25, -0.2) is 8.42 Å². The minimum atomic E-state index is -5.11. The van der Waals surface area contributed by atoms with Crippen molar-refractivity contribution in [2.75, 3.05) is 0 Å². The first-order chi connectivity index (χ1) is 14.7. The number of azo groups is 1. The molecule has 0 spiro atoms. The Morgan fingerprint density at radius 3 is 2.09 bits per heavy atom. The first-order valence-electron chi connectivity index (χ1n) is 8.65. The van der Waals surface area contributed by atoms with Gasteiger partial charge in [0.15, 0.2) is 0 Å². The fraction of sp³-hybridized carbons (Fsp3) is 0. The van der Waals surface area contributed by atoms with E-state index >= 15 is 0 Å². The number of hydrogen-bond acceptors (Lipinski definition) is 9. The summed E-state index contributed by atoms with van der Waals surface area (Å²) >= 11 is 0. The van der Waals surface area contributed by atoms with Crippen LogP contribution in [0.25, 0.3) is 21.5 Å². The van der Waals surface area contributed by atoms with Crippen LogP contribution in [0.15, 0.2) is 75.8 Å². The first-order valence-corrected chi connectivity index (χ1v) is 10.1. The van der Waals surface area contributed by atoms with Crippen molar-refractivity contribution < 1.29 is 45.5 Å². The van der Waals surface area contributed by atoms with Crippen molar-refractivity contribution in [2.45, 2.75) is 4.90 Å². The minimum absolute atomic E-state index is 0. The van der Waals surface area contributed by atoms with Crippen molar-refractivity contribution in [3.8, 4) is 11.5 Å². The molecule has 0 heterocycles. The van der Waals surface area contributed by atoms with Crippen LogP contribution in [0.2, 0.25) is 0 Å². The molecule has 12 heteroatoms. The Morgan fingerprint density at radius 2 is 1.44 bits per heavy atom. The van der Waals surface area contributed by atoms with E-state index in [2.05, 4.69) is 10.2 Å². The van der Waals surface area contributed by atoms with Gasteiger partial charge in [-0.3, -0.25) is 10.1 Å². The maximum absolute atomic E-state index is 12.5. The molecular weight excluding hydrogens is 478 g/mol. The predicted octanol–water partition coefficient (Wildman–Crippen LogP) is 3.37. The predicted molar refractivity (Wildman–Crippen MR) is 106 cm³/mol. The molecule has 0 fully saturated rings. The van der Waals surface area contributed by atoms with Crippen LogP contribution in [0.4, 0.5) is 17.1 Å². The fourth-order valence-electron chi connectivity index (χ4n) is 3.20. The molecule has 1 radical (unpaired) electrons. The first kappa shape index (κ1) is 23.1. The second-order valence-corrected chi connectivity index (χ2v) is 7.84. The van der Waals surface area contributed by atoms with E-state index in [1.807, 2.05) is 0 Å². The van der Waals surface area contributed by atoms with Gasteiger partial charge in [0.2, 0.25) is 0 Å². The van der Waals surface area contributed by atoms with Crippen LogP contribution in [0.3, 0.4) is 0 Å². The third kappa shape index (κ3) is 4.12. The zero-order chi connectivity index (χ0) is 22.3. The Hall–Kier alpha value is -3.56. The molecule has 32 heavy (non-hydrogen) atoms. The molecule has 4 aromatic carbocycles. The van der Waals surface area contributed by atoms with Gasteiger partial charge in [-0.2, -0.15) is 10.2 Å². The van der Waals surface area contributed by atoms with Crippen molar-refractivity contribution in [3.63, 3.8) is 0 Å². The Balaban J connectivity index is 0.00000289. The summed E-state index contributed by atoms with van der Waals surface area (Å²) in [6.45, 7) is 0.